The lowest BCUT2D eigenvalue weighted by molar-refractivity contribution is 0.247. The Hall–Kier alpha value is -1.38. The lowest BCUT2D eigenvalue weighted by Crippen LogP contribution is -2.46. The molecular weight excluding hydrogens is 296 g/mol. The third kappa shape index (κ3) is 4.08. The number of nitriles is 1. The van der Waals surface area contributed by atoms with Crippen molar-refractivity contribution in [3.05, 3.63) is 28.8 Å². The van der Waals surface area contributed by atoms with E-state index in [-0.39, 0.29) is 0 Å². The number of nitrogens with zero attached hydrogens (tertiary/aromatic N) is 2. The number of hydrogen-bond donors (Lipinski definition) is 0. The Labute approximate surface area is 134 Å². The van der Waals surface area contributed by atoms with Crippen LogP contribution in [0.15, 0.2) is 17.0 Å². The summed E-state index contributed by atoms with van der Waals surface area (Å²) in [5.41, 5.74) is 2.07. The number of hydrogen-bond acceptors (Lipinski definition) is 3. The number of sulfonamides is 1. The fourth-order valence-corrected chi connectivity index (χ4v) is 5.04. The van der Waals surface area contributed by atoms with Gasteiger partial charge in [0.1, 0.15) is 0 Å². The minimum Gasteiger partial charge on any atom is -0.207 e. The second kappa shape index (κ2) is 6.80. The molecule has 5 heteroatoms. The molecule has 0 heterocycles. The Bertz CT molecular complexity index is 657. The van der Waals surface area contributed by atoms with Gasteiger partial charge in [-0.25, -0.2) is 8.42 Å². The molecule has 0 aliphatic carbocycles. The molecule has 0 aromatic heterocycles. The van der Waals surface area contributed by atoms with Crippen LogP contribution in [0.5, 0.6) is 0 Å². The summed E-state index contributed by atoms with van der Waals surface area (Å²) in [5, 5.41) is 8.70. The molecule has 0 N–H and O–H groups in total. The van der Waals surface area contributed by atoms with Crippen LogP contribution < -0.4 is 0 Å². The average Bonchev–Trinajstić information content (AvgIpc) is 2.30. The Morgan fingerprint density at radius 1 is 1.14 bits per heavy atom. The third-order valence-electron chi connectivity index (χ3n) is 3.55. The van der Waals surface area contributed by atoms with Crippen LogP contribution in [-0.2, 0) is 10.0 Å². The van der Waals surface area contributed by atoms with Crippen molar-refractivity contribution in [3.8, 4) is 6.07 Å². The summed E-state index contributed by atoms with van der Waals surface area (Å²) in [5.74, 6) is 0. The maximum Gasteiger partial charge on any atom is 0.244 e. The first-order chi connectivity index (χ1) is 10.0. The lowest BCUT2D eigenvalue weighted by atomic mass is 10.1. The highest BCUT2D eigenvalue weighted by atomic mass is 32.2. The van der Waals surface area contributed by atoms with Crippen molar-refractivity contribution in [2.24, 2.45) is 0 Å². The van der Waals surface area contributed by atoms with Crippen LogP contribution in [0.4, 0.5) is 0 Å². The third-order valence-corrected chi connectivity index (χ3v) is 6.02. The molecule has 1 aromatic rings. The van der Waals surface area contributed by atoms with E-state index in [1.165, 1.54) is 4.31 Å². The molecule has 0 atom stereocenters. The molecule has 122 valence electrons. The van der Waals surface area contributed by atoms with Crippen LogP contribution in [0.1, 0.15) is 50.3 Å². The van der Waals surface area contributed by atoms with Gasteiger partial charge in [-0.1, -0.05) is 17.7 Å². The Morgan fingerprint density at radius 3 is 2.05 bits per heavy atom. The fraction of sp³-hybridized carbons (Fsp3) is 0.588. The Morgan fingerprint density at radius 2 is 1.64 bits per heavy atom. The molecule has 0 saturated carbocycles. The molecule has 0 spiro atoms. The zero-order valence-corrected chi connectivity index (χ0v) is 15.2. The number of rotatable bonds is 5. The highest BCUT2D eigenvalue weighted by molar-refractivity contribution is 7.89. The minimum absolute atomic E-state index is 0.353. The van der Waals surface area contributed by atoms with E-state index in [1.54, 1.807) is 0 Å². The van der Waals surface area contributed by atoms with Gasteiger partial charge in [-0.3, -0.25) is 0 Å². The second-order valence-electron chi connectivity index (χ2n) is 6.74. The van der Waals surface area contributed by atoms with Crippen LogP contribution in [0.25, 0.3) is 0 Å². The molecule has 0 bridgehead atoms. The molecule has 0 aliphatic rings. The highest BCUT2D eigenvalue weighted by Crippen LogP contribution is 2.30. The number of aryl methyl sites for hydroxylation is 3. The maximum absolute atomic E-state index is 13.2. The SMILES string of the molecule is Cc1cc(C)c(S(=O)(=O)N(CCCC#N)C(C)(C)C)c(C)c1. The predicted octanol–water partition coefficient (Wildman–Crippen LogP) is 3.70. The molecule has 1 aromatic carbocycles. The molecule has 0 amide bonds. The fourth-order valence-electron chi connectivity index (χ4n) is 2.80. The highest BCUT2D eigenvalue weighted by Gasteiger charge is 2.35. The largest absolute Gasteiger partial charge is 0.244 e. The van der Waals surface area contributed by atoms with Crippen molar-refractivity contribution in [1.82, 2.24) is 4.31 Å². The van der Waals surface area contributed by atoms with Crippen molar-refractivity contribution >= 4 is 10.0 Å². The van der Waals surface area contributed by atoms with E-state index in [0.717, 1.165) is 16.7 Å². The molecule has 4 nitrogen and oxygen atoms in total. The zero-order valence-electron chi connectivity index (χ0n) is 14.4. The van der Waals surface area contributed by atoms with Gasteiger partial charge in [0.2, 0.25) is 10.0 Å². The van der Waals surface area contributed by atoms with Crippen LogP contribution >= 0.6 is 0 Å². The summed E-state index contributed by atoms with van der Waals surface area (Å²) in [6, 6.07) is 5.87. The molecule has 0 aliphatic heterocycles. The van der Waals surface area contributed by atoms with Crippen molar-refractivity contribution in [2.45, 2.75) is 64.8 Å². The zero-order chi connectivity index (χ0) is 17.1. The monoisotopic (exact) mass is 322 g/mol. The van der Waals surface area contributed by atoms with Gasteiger partial charge in [-0.05, 0) is 59.1 Å². The van der Waals surface area contributed by atoms with Gasteiger partial charge in [-0.15, -0.1) is 0 Å². The van der Waals surface area contributed by atoms with E-state index < -0.39 is 15.6 Å². The van der Waals surface area contributed by atoms with Crippen molar-refractivity contribution in [3.63, 3.8) is 0 Å². The first kappa shape index (κ1) is 18.7. The smallest absolute Gasteiger partial charge is 0.207 e. The van der Waals surface area contributed by atoms with E-state index >= 15 is 0 Å². The predicted molar refractivity (Wildman–Crippen MR) is 89.1 cm³/mol. The van der Waals surface area contributed by atoms with Crippen molar-refractivity contribution in [2.75, 3.05) is 6.54 Å². The van der Waals surface area contributed by atoms with E-state index in [4.69, 9.17) is 5.26 Å². The van der Waals surface area contributed by atoms with Gasteiger partial charge in [0.05, 0.1) is 11.0 Å². The summed E-state index contributed by atoms with van der Waals surface area (Å²) in [6.45, 7) is 11.6. The topological polar surface area (TPSA) is 61.2 Å². The Kier molecular flexibility index (Phi) is 5.77. The van der Waals surface area contributed by atoms with E-state index in [9.17, 15) is 8.42 Å². The summed E-state index contributed by atoms with van der Waals surface area (Å²) in [7, 11) is -3.59. The first-order valence-electron chi connectivity index (χ1n) is 7.49. The van der Waals surface area contributed by atoms with Gasteiger partial charge in [0, 0.05) is 18.5 Å². The summed E-state index contributed by atoms with van der Waals surface area (Å²) >= 11 is 0. The van der Waals surface area contributed by atoms with Crippen LogP contribution in [0.3, 0.4) is 0 Å². The second-order valence-corrected chi connectivity index (χ2v) is 8.54. The van der Waals surface area contributed by atoms with Gasteiger partial charge >= 0.3 is 0 Å². The van der Waals surface area contributed by atoms with Gasteiger partial charge in [0.25, 0.3) is 0 Å². The summed E-state index contributed by atoms with van der Waals surface area (Å²) in [4.78, 5) is 0.394. The van der Waals surface area contributed by atoms with E-state index in [2.05, 4.69) is 6.07 Å². The van der Waals surface area contributed by atoms with Crippen molar-refractivity contribution in [1.29, 1.82) is 5.26 Å². The minimum atomic E-state index is -3.59. The van der Waals surface area contributed by atoms with Crippen molar-refractivity contribution < 1.29 is 8.42 Å². The molecule has 0 unspecified atom stereocenters. The van der Waals surface area contributed by atoms with Gasteiger partial charge in [-0.2, -0.15) is 9.57 Å². The molecule has 0 fully saturated rings. The van der Waals surface area contributed by atoms with E-state index in [1.807, 2.05) is 53.7 Å². The molecule has 22 heavy (non-hydrogen) atoms. The van der Waals surface area contributed by atoms with Crippen LogP contribution in [0, 0.1) is 32.1 Å². The molecule has 0 saturated heterocycles. The Balaban J connectivity index is 3.38. The standard InChI is InChI=1S/C17H26N2O2S/c1-13-11-14(2)16(15(3)12-13)22(20,21)19(17(4,5)6)10-8-7-9-18/h11-12H,7-8,10H2,1-6H3. The van der Waals surface area contributed by atoms with E-state index in [0.29, 0.717) is 24.3 Å². The normalized spacial score (nSPS) is 12.5. The first-order valence-corrected chi connectivity index (χ1v) is 8.93. The van der Waals surface area contributed by atoms with Gasteiger partial charge < -0.3 is 0 Å². The summed E-state index contributed by atoms with van der Waals surface area (Å²) < 4.78 is 27.9. The molecule has 0 radical (unpaired) electrons. The lowest BCUT2D eigenvalue weighted by Gasteiger charge is -2.35. The maximum atomic E-state index is 13.2. The number of unbranched alkanes of at least 4 members (excludes halogenated alkanes) is 1. The van der Waals surface area contributed by atoms with Crippen LogP contribution in [0.2, 0.25) is 0 Å². The average molecular weight is 322 g/mol. The van der Waals surface area contributed by atoms with Crippen LogP contribution in [-0.4, -0.2) is 24.8 Å². The molecule has 1 rings (SSSR count). The van der Waals surface area contributed by atoms with Gasteiger partial charge in [0.15, 0.2) is 0 Å². The quantitative estimate of drug-likeness (QED) is 0.776. The number of benzene rings is 1. The summed E-state index contributed by atoms with van der Waals surface area (Å²) in [6.07, 6.45) is 0.894. The molecular formula is C17H26N2O2S.